The van der Waals surface area contributed by atoms with Crippen molar-refractivity contribution in [3.63, 3.8) is 0 Å². The summed E-state index contributed by atoms with van der Waals surface area (Å²) in [5, 5.41) is -0.0201. The molecule has 26 heavy (non-hydrogen) atoms. The smallest absolute Gasteiger partial charge is 0.234 e. The molecule has 7 heteroatoms. The molecule has 138 valence electrons. The number of carbonyl (C=O) groups is 1. The molecule has 0 aromatic heterocycles. The van der Waals surface area contributed by atoms with Gasteiger partial charge in [-0.3, -0.25) is 4.79 Å². The van der Waals surface area contributed by atoms with E-state index >= 15 is 0 Å². The van der Waals surface area contributed by atoms with Gasteiger partial charge in [-0.05, 0) is 35.4 Å². The number of thioether (sulfide) groups is 1. The molecule has 0 aliphatic carbocycles. The van der Waals surface area contributed by atoms with E-state index in [2.05, 4.69) is 24.3 Å². The number of amides is 1. The Morgan fingerprint density at radius 3 is 2.23 bits per heavy atom. The largest absolute Gasteiger partial charge is 0.378 e. The molecular formula is C19H22N2O3S2. The summed E-state index contributed by atoms with van der Waals surface area (Å²) >= 11 is 1.62. The lowest BCUT2D eigenvalue weighted by molar-refractivity contribution is -0.128. The van der Waals surface area contributed by atoms with Crippen molar-refractivity contribution in [1.29, 1.82) is 0 Å². The molecule has 1 saturated heterocycles. The van der Waals surface area contributed by atoms with Crippen LogP contribution in [0.4, 0.5) is 5.69 Å². The molecule has 1 unspecified atom stereocenters. The molecule has 5 nitrogen and oxygen atoms in total. The lowest BCUT2D eigenvalue weighted by Crippen LogP contribution is -2.27. The minimum absolute atomic E-state index is 0.0201. The van der Waals surface area contributed by atoms with Crippen LogP contribution < -0.4 is 4.90 Å². The molecule has 0 spiro atoms. The van der Waals surface area contributed by atoms with E-state index in [9.17, 15) is 13.2 Å². The zero-order valence-electron chi connectivity index (χ0n) is 15.0. The maximum atomic E-state index is 12.4. The number of hydrogen-bond donors (Lipinski definition) is 0. The summed E-state index contributed by atoms with van der Waals surface area (Å²) < 4.78 is 23.2. The highest BCUT2D eigenvalue weighted by molar-refractivity contribution is 8.00. The quantitative estimate of drug-likeness (QED) is 0.786. The summed E-state index contributed by atoms with van der Waals surface area (Å²) in [6.07, 6.45) is 1.19. The molecule has 0 radical (unpaired) electrons. The monoisotopic (exact) mass is 390 g/mol. The number of carbonyl (C=O) groups excluding carboxylic acids is 1. The van der Waals surface area contributed by atoms with Crippen LogP contribution in [-0.4, -0.2) is 45.3 Å². The van der Waals surface area contributed by atoms with Gasteiger partial charge in [0.05, 0.1) is 10.6 Å². The van der Waals surface area contributed by atoms with E-state index in [1.165, 1.54) is 6.26 Å². The maximum absolute atomic E-state index is 12.4. The molecule has 2 aromatic carbocycles. The Balaban J connectivity index is 1.80. The lowest BCUT2D eigenvalue weighted by atomic mass is 10.1. The van der Waals surface area contributed by atoms with Crippen molar-refractivity contribution in [3.8, 4) is 0 Å². The van der Waals surface area contributed by atoms with Crippen LogP contribution >= 0.6 is 11.8 Å². The van der Waals surface area contributed by atoms with Crippen LogP contribution in [0.15, 0.2) is 53.4 Å². The van der Waals surface area contributed by atoms with E-state index in [0.29, 0.717) is 17.2 Å². The normalized spacial score (nSPS) is 17.6. The summed E-state index contributed by atoms with van der Waals surface area (Å²) in [7, 11) is 0.780. The SMILES string of the molecule is CN(C)c1ccc(C2SCC(=O)N2Cc2ccc(S(C)(=O)=O)cc2)cc1. The van der Waals surface area contributed by atoms with E-state index in [4.69, 9.17) is 0 Å². The second-order valence-electron chi connectivity index (χ2n) is 6.59. The lowest BCUT2D eigenvalue weighted by Gasteiger charge is -2.25. The van der Waals surface area contributed by atoms with Gasteiger partial charge in [-0.1, -0.05) is 24.3 Å². The Morgan fingerprint density at radius 2 is 1.69 bits per heavy atom. The fourth-order valence-electron chi connectivity index (χ4n) is 2.88. The van der Waals surface area contributed by atoms with Crippen LogP contribution in [0.1, 0.15) is 16.5 Å². The van der Waals surface area contributed by atoms with Crippen molar-refractivity contribution in [3.05, 3.63) is 59.7 Å². The Kier molecular flexibility index (Phi) is 5.29. The molecule has 0 bridgehead atoms. The Morgan fingerprint density at radius 1 is 1.08 bits per heavy atom. The van der Waals surface area contributed by atoms with Gasteiger partial charge in [-0.2, -0.15) is 0 Å². The fraction of sp³-hybridized carbons (Fsp3) is 0.316. The summed E-state index contributed by atoms with van der Waals surface area (Å²) in [5.41, 5.74) is 3.13. The van der Waals surface area contributed by atoms with E-state index in [0.717, 1.165) is 16.8 Å². The first kappa shape index (κ1) is 18.8. The molecule has 1 heterocycles. The Labute approximate surface area is 158 Å². The number of benzene rings is 2. The molecule has 1 aliphatic rings. The first-order chi connectivity index (χ1) is 12.3. The highest BCUT2D eigenvalue weighted by Gasteiger charge is 2.32. The number of hydrogen-bond acceptors (Lipinski definition) is 5. The van der Waals surface area contributed by atoms with Crippen molar-refractivity contribution in [2.24, 2.45) is 0 Å². The fourth-order valence-corrected chi connectivity index (χ4v) is 4.70. The van der Waals surface area contributed by atoms with Crippen LogP contribution in [0, 0.1) is 0 Å². The van der Waals surface area contributed by atoms with Crippen LogP contribution in [0.5, 0.6) is 0 Å². The highest BCUT2D eigenvalue weighted by atomic mass is 32.2. The molecule has 1 atom stereocenters. The zero-order chi connectivity index (χ0) is 18.9. The van der Waals surface area contributed by atoms with Crippen molar-refractivity contribution in [1.82, 2.24) is 4.90 Å². The van der Waals surface area contributed by atoms with Gasteiger partial charge in [0, 0.05) is 32.6 Å². The third-order valence-electron chi connectivity index (χ3n) is 4.37. The molecule has 3 rings (SSSR count). The van der Waals surface area contributed by atoms with Crippen molar-refractivity contribution in [2.75, 3.05) is 31.0 Å². The van der Waals surface area contributed by atoms with Crippen molar-refractivity contribution in [2.45, 2.75) is 16.8 Å². The van der Waals surface area contributed by atoms with Crippen molar-refractivity contribution >= 4 is 33.2 Å². The maximum Gasteiger partial charge on any atom is 0.234 e. The van der Waals surface area contributed by atoms with Crippen LogP contribution in [0.3, 0.4) is 0 Å². The third-order valence-corrected chi connectivity index (χ3v) is 6.75. The molecule has 0 N–H and O–H groups in total. The van der Waals surface area contributed by atoms with Gasteiger partial charge in [-0.25, -0.2) is 8.42 Å². The Bertz CT molecular complexity index is 891. The standard InChI is InChI=1S/C19H22N2O3S2/c1-20(2)16-8-6-15(7-9-16)19-21(18(22)13-25-19)12-14-4-10-17(11-5-14)26(3,23)24/h4-11,19H,12-13H2,1-3H3. The molecule has 1 amide bonds. The number of nitrogens with zero attached hydrogens (tertiary/aromatic N) is 2. The predicted octanol–water partition coefficient (Wildman–Crippen LogP) is 2.93. The topological polar surface area (TPSA) is 57.7 Å². The molecule has 2 aromatic rings. The molecule has 0 saturated carbocycles. The first-order valence-electron chi connectivity index (χ1n) is 8.23. The number of sulfone groups is 1. The molecule has 1 aliphatic heterocycles. The number of anilines is 1. The third kappa shape index (κ3) is 4.04. The second-order valence-corrected chi connectivity index (χ2v) is 9.67. The molecular weight excluding hydrogens is 368 g/mol. The van der Waals surface area contributed by atoms with Crippen LogP contribution in [-0.2, 0) is 21.2 Å². The van der Waals surface area contributed by atoms with Crippen LogP contribution in [0.25, 0.3) is 0 Å². The minimum Gasteiger partial charge on any atom is -0.378 e. The van der Waals surface area contributed by atoms with Gasteiger partial charge in [0.2, 0.25) is 5.91 Å². The van der Waals surface area contributed by atoms with E-state index in [1.807, 2.05) is 23.9 Å². The highest BCUT2D eigenvalue weighted by Crippen LogP contribution is 2.40. The summed E-state index contributed by atoms with van der Waals surface area (Å²) in [4.78, 5) is 16.5. The van der Waals surface area contributed by atoms with Gasteiger partial charge >= 0.3 is 0 Å². The molecule has 1 fully saturated rings. The average Bonchev–Trinajstić information content (AvgIpc) is 2.95. The summed E-state index contributed by atoms with van der Waals surface area (Å²) in [6, 6.07) is 15.0. The zero-order valence-corrected chi connectivity index (χ0v) is 16.7. The minimum atomic E-state index is -3.21. The van der Waals surface area contributed by atoms with Gasteiger partial charge < -0.3 is 9.80 Å². The van der Waals surface area contributed by atoms with E-state index in [1.54, 1.807) is 36.0 Å². The first-order valence-corrected chi connectivity index (χ1v) is 11.2. The van der Waals surface area contributed by atoms with Gasteiger partial charge in [0.1, 0.15) is 5.37 Å². The number of rotatable bonds is 5. The van der Waals surface area contributed by atoms with Gasteiger partial charge in [-0.15, -0.1) is 11.8 Å². The predicted molar refractivity (Wildman–Crippen MR) is 106 cm³/mol. The van der Waals surface area contributed by atoms with Gasteiger partial charge in [0.15, 0.2) is 9.84 Å². The Hall–Kier alpha value is -1.99. The van der Waals surface area contributed by atoms with Crippen LogP contribution in [0.2, 0.25) is 0 Å². The van der Waals surface area contributed by atoms with E-state index < -0.39 is 9.84 Å². The summed E-state index contributed by atoms with van der Waals surface area (Å²) in [5.74, 6) is 0.561. The summed E-state index contributed by atoms with van der Waals surface area (Å²) in [6.45, 7) is 0.468. The average molecular weight is 391 g/mol. The second kappa shape index (κ2) is 7.32. The van der Waals surface area contributed by atoms with Crippen molar-refractivity contribution < 1.29 is 13.2 Å². The van der Waals surface area contributed by atoms with Gasteiger partial charge in [0.25, 0.3) is 0 Å². The van der Waals surface area contributed by atoms with E-state index in [-0.39, 0.29) is 11.3 Å².